The molecule has 0 heterocycles. The van der Waals surface area contributed by atoms with Crippen LogP contribution in [0.5, 0.6) is 0 Å². The SMILES string of the molecule is Cc1cccc(C)c1NC(=O)/C(=N/NC(N)=S)[C@@H](C)C(=O)c1ccc(Cl)cc1. The highest BCUT2D eigenvalue weighted by atomic mass is 35.5. The van der Waals surface area contributed by atoms with E-state index >= 15 is 0 Å². The summed E-state index contributed by atoms with van der Waals surface area (Å²) in [6.07, 6.45) is 0. The number of carbonyl (C=O) groups excluding carboxylic acids is 2. The number of carbonyl (C=O) groups is 2. The Morgan fingerprint density at radius 2 is 1.68 bits per heavy atom. The predicted octanol–water partition coefficient (Wildman–Crippen LogP) is 3.60. The molecule has 0 aliphatic heterocycles. The fourth-order valence-corrected chi connectivity index (χ4v) is 2.81. The summed E-state index contributed by atoms with van der Waals surface area (Å²) in [4.78, 5) is 25.8. The minimum atomic E-state index is -0.840. The van der Waals surface area contributed by atoms with Gasteiger partial charge in [0.2, 0.25) is 0 Å². The minimum Gasteiger partial charge on any atom is -0.375 e. The van der Waals surface area contributed by atoms with Gasteiger partial charge in [-0.3, -0.25) is 15.0 Å². The number of nitrogens with one attached hydrogen (secondary N) is 2. The van der Waals surface area contributed by atoms with Crippen LogP contribution in [-0.2, 0) is 4.79 Å². The molecular formula is C20H21ClN4O2S. The second-order valence-corrected chi connectivity index (χ2v) is 7.16. The largest absolute Gasteiger partial charge is 0.375 e. The Morgan fingerprint density at radius 3 is 2.21 bits per heavy atom. The molecule has 0 unspecified atom stereocenters. The smallest absolute Gasteiger partial charge is 0.272 e. The first-order chi connectivity index (χ1) is 13.2. The Morgan fingerprint density at radius 1 is 1.11 bits per heavy atom. The Hall–Kier alpha value is -2.77. The quantitative estimate of drug-likeness (QED) is 0.289. The number of hydrogen-bond acceptors (Lipinski definition) is 4. The van der Waals surface area contributed by atoms with Crippen molar-refractivity contribution in [2.75, 3.05) is 5.32 Å². The Balaban J connectivity index is 2.34. The zero-order valence-corrected chi connectivity index (χ0v) is 17.3. The lowest BCUT2D eigenvalue weighted by Crippen LogP contribution is -2.36. The van der Waals surface area contributed by atoms with Crippen LogP contribution in [-0.4, -0.2) is 22.5 Å². The van der Waals surface area contributed by atoms with E-state index in [9.17, 15) is 9.59 Å². The molecule has 4 N–H and O–H groups in total. The highest BCUT2D eigenvalue weighted by molar-refractivity contribution is 7.80. The van der Waals surface area contributed by atoms with Gasteiger partial charge in [0.1, 0.15) is 5.71 Å². The van der Waals surface area contributed by atoms with E-state index in [-0.39, 0.29) is 16.6 Å². The molecule has 2 aromatic rings. The summed E-state index contributed by atoms with van der Waals surface area (Å²) in [5.74, 6) is -1.64. The number of halogens is 1. The molecule has 1 atom stereocenters. The average Bonchev–Trinajstić information content (AvgIpc) is 2.64. The van der Waals surface area contributed by atoms with Gasteiger partial charge in [0.15, 0.2) is 10.9 Å². The van der Waals surface area contributed by atoms with Gasteiger partial charge >= 0.3 is 0 Å². The van der Waals surface area contributed by atoms with Crippen LogP contribution in [0.15, 0.2) is 47.6 Å². The van der Waals surface area contributed by atoms with E-state index in [2.05, 4.69) is 15.8 Å². The second kappa shape index (κ2) is 9.43. The first-order valence-electron chi connectivity index (χ1n) is 8.51. The van der Waals surface area contributed by atoms with E-state index in [0.29, 0.717) is 16.3 Å². The van der Waals surface area contributed by atoms with Crippen LogP contribution in [0, 0.1) is 19.8 Å². The number of anilines is 1. The summed E-state index contributed by atoms with van der Waals surface area (Å²) >= 11 is 10.6. The van der Waals surface area contributed by atoms with Gasteiger partial charge in [0.05, 0.1) is 5.92 Å². The third kappa shape index (κ3) is 5.37. The van der Waals surface area contributed by atoms with Crippen LogP contribution in [0.1, 0.15) is 28.4 Å². The maximum Gasteiger partial charge on any atom is 0.272 e. The molecule has 0 aliphatic rings. The summed E-state index contributed by atoms with van der Waals surface area (Å²) in [6, 6.07) is 12.1. The number of aryl methyl sites for hydroxylation is 2. The lowest BCUT2D eigenvalue weighted by atomic mass is 9.94. The number of ketones is 1. The number of para-hydroxylation sites is 1. The molecule has 0 saturated carbocycles. The lowest BCUT2D eigenvalue weighted by molar-refractivity contribution is -0.110. The van der Waals surface area contributed by atoms with Crippen LogP contribution in [0.4, 0.5) is 5.69 Å². The topological polar surface area (TPSA) is 96.6 Å². The van der Waals surface area contributed by atoms with Crippen molar-refractivity contribution in [1.82, 2.24) is 5.43 Å². The molecule has 0 fully saturated rings. The van der Waals surface area contributed by atoms with Crippen molar-refractivity contribution in [3.8, 4) is 0 Å². The van der Waals surface area contributed by atoms with Crippen molar-refractivity contribution < 1.29 is 9.59 Å². The number of nitrogens with two attached hydrogens (primary N) is 1. The molecule has 1 amide bonds. The fourth-order valence-electron chi connectivity index (χ4n) is 2.64. The molecule has 0 aromatic heterocycles. The minimum absolute atomic E-state index is 0.0320. The van der Waals surface area contributed by atoms with Crippen molar-refractivity contribution in [1.29, 1.82) is 0 Å². The van der Waals surface area contributed by atoms with Gasteiger partial charge in [-0.1, -0.05) is 29.8 Å². The third-order valence-corrected chi connectivity index (χ3v) is 4.51. The predicted molar refractivity (Wildman–Crippen MR) is 117 cm³/mol. The number of rotatable bonds is 6. The van der Waals surface area contributed by atoms with Gasteiger partial charge in [0.25, 0.3) is 5.91 Å². The second-order valence-electron chi connectivity index (χ2n) is 6.29. The van der Waals surface area contributed by atoms with Crippen molar-refractivity contribution in [2.45, 2.75) is 20.8 Å². The lowest BCUT2D eigenvalue weighted by Gasteiger charge is -2.16. The normalized spacial score (nSPS) is 12.2. The van der Waals surface area contributed by atoms with Gasteiger partial charge < -0.3 is 11.1 Å². The van der Waals surface area contributed by atoms with Crippen LogP contribution in [0.2, 0.25) is 5.02 Å². The van der Waals surface area contributed by atoms with Crippen molar-refractivity contribution in [3.05, 3.63) is 64.2 Å². The molecule has 0 radical (unpaired) electrons. The summed E-state index contributed by atoms with van der Waals surface area (Å²) < 4.78 is 0. The zero-order valence-electron chi connectivity index (χ0n) is 15.7. The summed E-state index contributed by atoms with van der Waals surface area (Å²) in [7, 11) is 0. The molecule has 0 saturated heterocycles. The fraction of sp³-hybridized carbons (Fsp3) is 0.200. The summed E-state index contributed by atoms with van der Waals surface area (Å²) in [6.45, 7) is 5.37. The molecule has 0 spiro atoms. The monoisotopic (exact) mass is 416 g/mol. The van der Waals surface area contributed by atoms with E-state index < -0.39 is 11.8 Å². The molecule has 146 valence electrons. The maximum absolute atomic E-state index is 12.9. The van der Waals surface area contributed by atoms with Gasteiger partial charge in [-0.15, -0.1) is 0 Å². The van der Waals surface area contributed by atoms with Gasteiger partial charge in [0, 0.05) is 16.3 Å². The van der Waals surface area contributed by atoms with E-state index in [0.717, 1.165) is 11.1 Å². The van der Waals surface area contributed by atoms with Crippen LogP contribution in [0.25, 0.3) is 0 Å². The van der Waals surface area contributed by atoms with Crippen LogP contribution < -0.4 is 16.5 Å². The number of hydrogen-bond donors (Lipinski definition) is 3. The highest BCUT2D eigenvalue weighted by Crippen LogP contribution is 2.21. The van der Waals surface area contributed by atoms with Gasteiger partial charge in [-0.05, 0) is 68.4 Å². The van der Waals surface area contributed by atoms with E-state index in [1.807, 2.05) is 32.0 Å². The molecular weight excluding hydrogens is 396 g/mol. The zero-order chi connectivity index (χ0) is 20.8. The Kier molecular flexibility index (Phi) is 7.25. The standard InChI is InChI=1S/C20H21ClN4O2S/c1-11-5-4-6-12(2)16(11)23-19(27)17(24-25-20(22)28)13(3)18(26)14-7-9-15(21)10-8-14/h4-10,13H,1-3H3,(H,23,27)(H3,22,25,28)/b24-17+/t13-/m1/s1. The van der Waals surface area contributed by atoms with Crippen molar-refractivity contribution in [2.24, 2.45) is 16.8 Å². The van der Waals surface area contributed by atoms with Crippen molar-refractivity contribution >= 4 is 52.0 Å². The Labute approximate surface area is 174 Å². The van der Waals surface area contributed by atoms with Gasteiger partial charge in [-0.2, -0.15) is 5.10 Å². The molecule has 0 bridgehead atoms. The van der Waals surface area contributed by atoms with E-state index in [1.54, 1.807) is 31.2 Å². The Bertz CT molecular complexity index is 921. The molecule has 28 heavy (non-hydrogen) atoms. The molecule has 6 nitrogen and oxygen atoms in total. The van der Waals surface area contributed by atoms with E-state index in [1.165, 1.54) is 0 Å². The molecule has 2 aromatic carbocycles. The summed E-state index contributed by atoms with van der Waals surface area (Å²) in [5.41, 5.74) is 10.7. The molecule has 0 aliphatic carbocycles. The van der Waals surface area contributed by atoms with Crippen LogP contribution in [0.3, 0.4) is 0 Å². The number of amides is 1. The number of thiocarbonyl (C=S) groups is 1. The highest BCUT2D eigenvalue weighted by Gasteiger charge is 2.27. The summed E-state index contributed by atoms with van der Waals surface area (Å²) in [5, 5.41) is 7.22. The molecule has 2 rings (SSSR count). The first kappa shape index (κ1) is 21.5. The van der Waals surface area contributed by atoms with Crippen molar-refractivity contribution in [3.63, 3.8) is 0 Å². The van der Waals surface area contributed by atoms with Gasteiger partial charge in [-0.25, -0.2) is 0 Å². The number of benzene rings is 2. The molecule has 8 heteroatoms. The first-order valence-corrected chi connectivity index (χ1v) is 9.29. The van der Waals surface area contributed by atoms with E-state index in [4.69, 9.17) is 29.6 Å². The number of hydrazone groups is 1. The van der Waals surface area contributed by atoms with Crippen LogP contribution >= 0.6 is 23.8 Å². The third-order valence-electron chi connectivity index (χ3n) is 4.17. The number of Topliss-reactive ketones (excluding diaryl/α,β-unsaturated/α-hetero) is 1. The maximum atomic E-state index is 12.9. The average molecular weight is 417 g/mol. The number of nitrogens with zero attached hydrogens (tertiary/aromatic N) is 1.